The maximum atomic E-state index is 4.97. The number of benzene rings is 1. The molecule has 166 valence electrons. The van der Waals surface area contributed by atoms with Crippen LogP contribution < -0.4 is 5.32 Å². The molecule has 4 rings (SSSR count). The zero-order valence-corrected chi connectivity index (χ0v) is 20.6. The van der Waals surface area contributed by atoms with E-state index in [1.807, 2.05) is 31.2 Å². The molecule has 8 heteroatoms. The molecule has 2 aromatic heterocycles. The van der Waals surface area contributed by atoms with E-state index in [1.54, 1.807) is 0 Å². The maximum Gasteiger partial charge on any atom is 0.194 e. The molecule has 2 unspecified atom stereocenters. The van der Waals surface area contributed by atoms with Crippen molar-refractivity contribution in [2.24, 2.45) is 10.9 Å². The van der Waals surface area contributed by atoms with Crippen LogP contribution in [0.25, 0.3) is 0 Å². The summed E-state index contributed by atoms with van der Waals surface area (Å²) in [5, 5.41) is 3.49. The van der Waals surface area contributed by atoms with E-state index in [2.05, 4.69) is 73.6 Å². The zero-order chi connectivity index (χ0) is 20.8. The molecular formula is C23H32IN7. The fraction of sp³-hybridized carbons (Fsp3) is 0.435. The van der Waals surface area contributed by atoms with Crippen LogP contribution in [-0.4, -0.2) is 49.6 Å². The Hall–Kier alpha value is -2.36. The van der Waals surface area contributed by atoms with Gasteiger partial charge < -0.3 is 19.4 Å². The molecule has 0 spiro atoms. The number of imidazole rings is 2. The Morgan fingerprint density at radius 3 is 2.71 bits per heavy atom. The Labute approximate surface area is 201 Å². The quantitative estimate of drug-likeness (QED) is 0.298. The van der Waals surface area contributed by atoms with Gasteiger partial charge in [0, 0.05) is 51.0 Å². The van der Waals surface area contributed by atoms with Crippen LogP contribution in [0.4, 0.5) is 0 Å². The summed E-state index contributed by atoms with van der Waals surface area (Å²) in [6.07, 6.45) is 12.7. The summed E-state index contributed by atoms with van der Waals surface area (Å²) in [5.41, 5.74) is 2.48. The number of halogens is 1. The molecule has 0 saturated carbocycles. The number of piperidine rings is 1. The molecule has 1 saturated heterocycles. The average molecular weight is 533 g/mol. The first-order valence-corrected chi connectivity index (χ1v) is 10.8. The molecule has 2 atom stereocenters. The van der Waals surface area contributed by atoms with E-state index in [4.69, 9.17) is 4.99 Å². The van der Waals surface area contributed by atoms with Gasteiger partial charge in [-0.1, -0.05) is 31.2 Å². The molecule has 3 aromatic rings. The van der Waals surface area contributed by atoms with Gasteiger partial charge >= 0.3 is 0 Å². The van der Waals surface area contributed by atoms with Gasteiger partial charge in [-0.05, 0) is 30.4 Å². The van der Waals surface area contributed by atoms with E-state index in [-0.39, 0.29) is 24.0 Å². The molecule has 1 N–H and O–H groups in total. The highest BCUT2D eigenvalue weighted by atomic mass is 127. The highest BCUT2D eigenvalue weighted by molar-refractivity contribution is 14.0. The lowest BCUT2D eigenvalue weighted by Gasteiger charge is -2.39. The second kappa shape index (κ2) is 11.3. The topological polar surface area (TPSA) is 63.3 Å². The number of nitrogens with zero attached hydrogens (tertiary/aromatic N) is 6. The third-order valence-corrected chi connectivity index (χ3v) is 5.79. The molecule has 0 aliphatic carbocycles. The normalized spacial score (nSPS) is 19.2. The van der Waals surface area contributed by atoms with Gasteiger partial charge in [0.1, 0.15) is 0 Å². The lowest BCUT2D eigenvalue weighted by Crippen LogP contribution is -2.49. The summed E-state index contributed by atoms with van der Waals surface area (Å²) in [5.74, 6) is 1.62. The molecule has 1 aliphatic rings. The summed E-state index contributed by atoms with van der Waals surface area (Å²) in [7, 11) is 0. The first-order valence-electron chi connectivity index (χ1n) is 10.8. The average Bonchev–Trinajstić information content (AvgIpc) is 3.46. The van der Waals surface area contributed by atoms with Crippen molar-refractivity contribution >= 4 is 29.9 Å². The number of nitrogens with one attached hydrogen (secondary N) is 1. The largest absolute Gasteiger partial charge is 0.357 e. The third kappa shape index (κ3) is 6.09. The fourth-order valence-corrected chi connectivity index (χ4v) is 4.10. The van der Waals surface area contributed by atoms with Gasteiger partial charge in [-0.2, -0.15) is 0 Å². The number of aromatic nitrogens is 4. The van der Waals surface area contributed by atoms with Crippen LogP contribution in [0.2, 0.25) is 0 Å². The highest BCUT2D eigenvalue weighted by Gasteiger charge is 2.28. The van der Waals surface area contributed by atoms with Crippen LogP contribution in [-0.2, 0) is 13.1 Å². The van der Waals surface area contributed by atoms with Crippen molar-refractivity contribution in [2.75, 3.05) is 19.6 Å². The van der Waals surface area contributed by atoms with Crippen molar-refractivity contribution in [3.8, 4) is 0 Å². The SMILES string of the molecule is CCNC(=NCc1cccc(Cn2ccnc2)c1)N1CCC(C)C(n2ccnc2)C1.I. The monoisotopic (exact) mass is 533 g/mol. The van der Waals surface area contributed by atoms with Gasteiger partial charge in [0.05, 0.1) is 25.2 Å². The van der Waals surface area contributed by atoms with Crippen molar-refractivity contribution in [3.63, 3.8) is 0 Å². The lowest BCUT2D eigenvalue weighted by molar-refractivity contribution is 0.189. The number of aliphatic imine (C=N–C) groups is 1. The maximum absolute atomic E-state index is 4.97. The van der Waals surface area contributed by atoms with Crippen LogP contribution in [0.15, 0.2) is 66.7 Å². The Kier molecular flexibility index (Phi) is 8.51. The van der Waals surface area contributed by atoms with Crippen molar-refractivity contribution < 1.29 is 0 Å². The minimum atomic E-state index is 0. The van der Waals surface area contributed by atoms with E-state index in [0.29, 0.717) is 18.5 Å². The number of rotatable bonds is 6. The second-order valence-electron chi connectivity index (χ2n) is 8.01. The Morgan fingerprint density at radius 2 is 1.97 bits per heavy atom. The second-order valence-corrected chi connectivity index (χ2v) is 8.01. The van der Waals surface area contributed by atoms with Gasteiger partial charge in [0.2, 0.25) is 0 Å². The number of hydrogen-bond donors (Lipinski definition) is 1. The molecule has 0 radical (unpaired) electrons. The van der Waals surface area contributed by atoms with Crippen molar-refractivity contribution in [1.82, 2.24) is 29.3 Å². The van der Waals surface area contributed by atoms with Crippen LogP contribution in [0.5, 0.6) is 0 Å². The molecule has 1 aliphatic heterocycles. The molecule has 7 nitrogen and oxygen atoms in total. The zero-order valence-electron chi connectivity index (χ0n) is 18.3. The summed E-state index contributed by atoms with van der Waals surface area (Å²) >= 11 is 0. The summed E-state index contributed by atoms with van der Waals surface area (Å²) in [6.45, 7) is 8.79. The van der Waals surface area contributed by atoms with Crippen molar-refractivity contribution in [3.05, 3.63) is 72.8 Å². The van der Waals surface area contributed by atoms with Gasteiger partial charge in [-0.3, -0.25) is 0 Å². The fourth-order valence-electron chi connectivity index (χ4n) is 4.10. The van der Waals surface area contributed by atoms with Crippen molar-refractivity contribution in [2.45, 2.75) is 39.4 Å². The minimum Gasteiger partial charge on any atom is -0.357 e. The van der Waals surface area contributed by atoms with E-state index < -0.39 is 0 Å². The molecule has 1 fully saturated rings. The van der Waals surface area contributed by atoms with Crippen molar-refractivity contribution in [1.29, 1.82) is 0 Å². The van der Waals surface area contributed by atoms with E-state index >= 15 is 0 Å². The Balaban J connectivity index is 0.00000272. The molecule has 1 aromatic carbocycles. The summed E-state index contributed by atoms with van der Waals surface area (Å²) in [6, 6.07) is 9.07. The first kappa shape index (κ1) is 23.3. The van der Waals surface area contributed by atoms with Crippen LogP contribution in [0.1, 0.15) is 37.4 Å². The smallest absolute Gasteiger partial charge is 0.194 e. The summed E-state index contributed by atoms with van der Waals surface area (Å²) < 4.78 is 4.32. The predicted molar refractivity (Wildman–Crippen MR) is 135 cm³/mol. The number of hydrogen-bond acceptors (Lipinski definition) is 3. The third-order valence-electron chi connectivity index (χ3n) is 5.79. The standard InChI is InChI=1S/C23H31N7.HI/c1-3-26-23(29-10-7-19(2)22(16-29)30-12-9-25-18-30)27-14-20-5-4-6-21(13-20)15-28-11-8-24-17-28;/h4-6,8-9,11-13,17-19,22H,3,7,10,14-16H2,1-2H3,(H,26,27);1H. The lowest BCUT2D eigenvalue weighted by atomic mass is 9.93. The Bertz CT molecular complexity index is 937. The predicted octanol–water partition coefficient (Wildman–Crippen LogP) is 3.79. The first-order chi connectivity index (χ1) is 14.7. The molecular weight excluding hydrogens is 501 g/mol. The number of likely N-dealkylation sites (tertiary alicyclic amines) is 1. The molecule has 3 heterocycles. The molecule has 0 bridgehead atoms. The van der Waals surface area contributed by atoms with Crippen LogP contribution in [0, 0.1) is 5.92 Å². The Morgan fingerprint density at radius 1 is 1.16 bits per heavy atom. The molecule has 31 heavy (non-hydrogen) atoms. The van der Waals surface area contributed by atoms with E-state index in [9.17, 15) is 0 Å². The van der Waals surface area contributed by atoms with Gasteiger partial charge in [-0.15, -0.1) is 24.0 Å². The summed E-state index contributed by atoms with van der Waals surface area (Å²) in [4.78, 5) is 15.7. The van der Waals surface area contributed by atoms with Gasteiger partial charge in [-0.25, -0.2) is 15.0 Å². The molecule has 0 amide bonds. The van der Waals surface area contributed by atoms with Crippen LogP contribution >= 0.6 is 24.0 Å². The van der Waals surface area contributed by atoms with Gasteiger partial charge in [0.25, 0.3) is 0 Å². The van der Waals surface area contributed by atoms with E-state index in [1.165, 1.54) is 11.1 Å². The van der Waals surface area contributed by atoms with Gasteiger partial charge in [0.15, 0.2) is 5.96 Å². The minimum absolute atomic E-state index is 0. The number of guanidine groups is 1. The van der Waals surface area contributed by atoms with E-state index in [0.717, 1.165) is 38.6 Å². The highest BCUT2D eigenvalue weighted by Crippen LogP contribution is 2.27. The van der Waals surface area contributed by atoms with Crippen LogP contribution in [0.3, 0.4) is 0 Å².